The molecule has 0 saturated heterocycles. The average Bonchev–Trinajstić information content (AvgIpc) is 2.80. The number of hydrogen-bond acceptors (Lipinski definition) is 3. The number of aromatic nitrogens is 2. The van der Waals surface area contributed by atoms with E-state index >= 15 is 0 Å². The lowest BCUT2D eigenvalue weighted by Gasteiger charge is -1.97. The van der Waals surface area contributed by atoms with E-state index < -0.39 is 4.92 Å². The summed E-state index contributed by atoms with van der Waals surface area (Å²) < 4.78 is 0. The van der Waals surface area contributed by atoms with Gasteiger partial charge in [-0.05, 0) is 12.5 Å². The second kappa shape index (κ2) is 6.31. The fraction of sp³-hybridized carbons (Fsp3) is 0.500. The molecule has 19 heavy (non-hydrogen) atoms. The van der Waals surface area contributed by atoms with Gasteiger partial charge >= 0.3 is 0 Å². The van der Waals surface area contributed by atoms with Crippen molar-refractivity contribution in [2.24, 2.45) is 0 Å². The van der Waals surface area contributed by atoms with Gasteiger partial charge in [0.05, 0.1) is 16.0 Å². The normalized spacial score (nSPS) is 11.0. The van der Waals surface area contributed by atoms with E-state index in [1.807, 2.05) is 0 Å². The molecule has 0 unspecified atom stereocenters. The van der Waals surface area contributed by atoms with E-state index in [0.29, 0.717) is 5.52 Å². The number of rotatable bonds is 7. The highest BCUT2D eigenvalue weighted by Crippen LogP contribution is 2.19. The number of nitro groups is 1. The molecule has 1 aromatic heterocycles. The fourth-order valence-electron chi connectivity index (χ4n) is 2.17. The van der Waals surface area contributed by atoms with Gasteiger partial charge in [0.25, 0.3) is 5.69 Å². The van der Waals surface area contributed by atoms with Gasteiger partial charge in [-0.25, -0.2) is 4.98 Å². The third-order valence-corrected chi connectivity index (χ3v) is 3.24. The van der Waals surface area contributed by atoms with Crippen LogP contribution >= 0.6 is 0 Å². The summed E-state index contributed by atoms with van der Waals surface area (Å²) in [5, 5.41) is 10.7. The molecular weight excluding hydrogens is 242 g/mol. The van der Waals surface area contributed by atoms with Crippen molar-refractivity contribution >= 4 is 16.7 Å². The molecule has 1 heterocycles. The van der Waals surface area contributed by atoms with Crippen LogP contribution in [0.25, 0.3) is 11.0 Å². The first-order chi connectivity index (χ1) is 9.20. The highest BCUT2D eigenvalue weighted by molar-refractivity contribution is 5.77. The number of imidazole rings is 1. The maximum atomic E-state index is 10.7. The Morgan fingerprint density at radius 3 is 2.79 bits per heavy atom. The molecule has 5 nitrogen and oxygen atoms in total. The maximum absolute atomic E-state index is 10.7. The Morgan fingerprint density at radius 2 is 2.05 bits per heavy atom. The van der Waals surface area contributed by atoms with Gasteiger partial charge in [-0.2, -0.15) is 0 Å². The fourth-order valence-corrected chi connectivity index (χ4v) is 2.17. The highest BCUT2D eigenvalue weighted by Gasteiger charge is 2.09. The van der Waals surface area contributed by atoms with E-state index in [2.05, 4.69) is 16.9 Å². The molecule has 5 heteroatoms. The van der Waals surface area contributed by atoms with E-state index in [1.165, 1.54) is 37.8 Å². The van der Waals surface area contributed by atoms with Crippen molar-refractivity contribution in [1.29, 1.82) is 0 Å². The first kappa shape index (κ1) is 13.5. The Hall–Kier alpha value is -1.91. The molecule has 1 aromatic carbocycles. The molecule has 1 N–H and O–H groups in total. The van der Waals surface area contributed by atoms with Crippen molar-refractivity contribution in [3.8, 4) is 0 Å². The van der Waals surface area contributed by atoms with Gasteiger partial charge in [0, 0.05) is 18.6 Å². The van der Waals surface area contributed by atoms with Crippen LogP contribution in [0.15, 0.2) is 18.2 Å². The van der Waals surface area contributed by atoms with E-state index in [4.69, 9.17) is 0 Å². The summed E-state index contributed by atoms with van der Waals surface area (Å²) in [5.74, 6) is 0.923. The number of nitro benzene ring substituents is 1. The second-order valence-corrected chi connectivity index (χ2v) is 4.81. The van der Waals surface area contributed by atoms with Crippen LogP contribution in [-0.4, -0.2) is 14.9 Å². The van der Waals surface area contributed by atoms with Crippen LogP contribution < -0.4 is 0 Å². The van der Waals surface area contributed by atoms with Crippen LogP contribution in [0.2, 0.25) is 0 Å². The third-order valence-electron chi connectivity index (χ3n) is 3.24. The molecule has 0 aliphatic rings. The number of nitrogens with one attached hydrogen (secondary N) is 1. The van der Waals surface area contributed by atoms with Crippen molar-refractivity contribution in [2.45, 2.75) is 45.4 Å². The summed E-state index contributed by atoms with van der Waals surface area (Å²) >= 11 is 0. The molecule has 0 aliphatic heterocycles. The molecule has 102 valence electrons. The standard InChI is InChI=1S/C14H19N3O2/c1-2-3-4-5-6-7-14-15-12-9-8-11(17(18)19)10-13(12)16-14/h8-10H,2-7H2,1H3,(H,15,16). The quantitative estimate of drug-likeness (QED) is 0.465. The number of aryl methyl sites for hydroxylation is 1. The zero-order valence-corrected chi connectivity index (χ0v) is 11.2. The number of aromatic amines is 1. The molecule has 2 rings (SSSR count). The number of non-ortho nitro benzene ring substituents is 1. The lowest BCUT2D eigenvalue weighted by molar-refractivity contribution is -0.384. The number of unbranched alkanes of at least 4 members (excludes halogenated alkanes) is 4. The van der Waals surface area contributed by atoms with E-state index in [9.17, 15) is 10.1 Å². The summed E-state index contributed by atoms with van der Waals surface area (Å²) in [7, 11) is 0. The van der Waals surface area contributed by atoms with Crippen LogP contribution in [0.5, 0.6) is 0 Å². The highest BCUT2D eigenvalue weighted by atomic mass is 16.6. The molecule has 0 spiro atoms. The van der Waals surface area contributed by atoms with E-state index in [1.54, 1.807) is 6.07 Å². The van der Waals surface area contributed by atoms with Gasteiger partial charge < -0.3 is 4.98 Å². The Kier molecular flexibility index (Phi) is 4.49. The number of nitrogens with zero attached hydrogens (tertiary/aromatic N) is 2. The largest absolute Gasteiger partial charge is 0.342 e. The lowest BCUT2D eigenvalue weighted by atomic mass is 10.1. The number of hydrogen-bond donors (Lipinski definition) is 1. The van der Waals surface area contributed by atoms with Crippen molar-refractivity contribution < 1.29 is 4.92 Å². The van der Waals surface area contributed by atoms with Gasteiger partial charge in [-0.3, -0.25) is 10.1 Å². The monoisotopic (exact) mass is 261 g/mol. The SMILES string of the molecule is CCCCCCCc1nc2cc([N+](=O)[O-])ccc2[nH]1. The molecule has 2 aromatic rings. The Balaban J connectivity index is 1.99. The number of H-pyrrole nitrogens is 1. The minimum absolute atomic E-state index is 0.0912. The Labute approximate surface area is 112 Å². The molecule has 0 fully saturated rings. The summed E-state index contributed by atoms with van der Waals surface area (Å²) in [4.78, 5) is 17.9. The predicted molar refractivity (Wildman–Crippen MR) is 75.2 cm³/mol. The van der Waals surface area contributed by atoms with Crippen LogP contribution in [0.3, 0.4) is 0 Å². The zero-order valence-electron chi connectivity index (χ0n) is 11.2. The van der Waals surface area contributed by atoms with Crippen LogP contribution in [-0.2, 0) is 6.42 Å². The lowest BCUT2D eigenvalue weighted by Crippen LogP contribution is -1.88. The zero-order chi connectivity index (χ0) is 13.7. The summed E-state index contributed by atoms with van der Waals surface area (Å²) in [6, 6.07) is 4.75. The van der Waals surface area contributed by atoms with Crippen molar-refractivity contribution in [1.82, 2.24) is 9.97 Å². The second-order valence-electron chi connectivity index (χ2n) is 4.81. The van der Waals surface area contributed by atoms with Crippen molar-refractivity contribution in [3.05, 3.63) is 34.1 Å². The van der Waals surface area contributed by atoms with E-state index in [-0.39, 0.29) is 5.69 Å². The van der Waals surface area contributed by atoms with Crippen LogP contribution in [0, 0.1) is 10.1 Å². The van der Waals surface area contributed by atoms with Gasteiger partial charge in [0.2, 0.25) is 0 Å². The van der Waals surface area contributed by atoms with Crippen LogP contribution in [0.1, 0.15) is 44.9 Å². The van der Waals surface area contributed by atoms with Gasteiger partial charge in [0.1, 0.15) is 5.82 Å². The number of fused-ring (bicyclic) bond motifs is 1. The Bertz CT molecular complexity index is 563. The minimum Gasteiger partial charge on any atom is -0.342 e. The predicted octanol–water partition coefficient (Wildman–Crippen LogP) is 3.98. The summed E-state index contributed by atoms with van der Waals surface area (Å²) in [6.07, 6.45) is 7.03. The number of benzene rings is 1. The summed E-state index contributed by atoms with van der Waals surface area (Å²) in [5.41, 5.74) is 1.64. The Morgan fingerprint density at radius 1 is 1.26 bits per heavy atom. The van der Waals surface area contributed by atoms with E-state index in [0.717, 1.165) is 24.2 Å². The van der Waals surface area contributed by atoms with Gasteiger partial charge in [0.15, 0.2) is 0 Å². The summed E-state index contributed by atoms with van der Waals surface area (Å²) in [6.45, 7) is 2.20. The molecule has 0 atom stereocenters. The molecule has 0 saturated carbocycles. The smallest absolute Gasteiger partial charge is 0.271 e. The van der Waals surface area contributed by atoms with Crippen molar-refractivity contribution in [2.75, 3.05) is 0 Å². The first-order valence-corrected chi connectivity index (χ1v) is 6.83. The topological polar surface area (TPSA) is 71.8 Å². The maximum Gasteiger partial charge on any atom is 0.271 e. The van der Waals surface area contributed by atoms with Gasteiger partial charge in [-0.1, -0.05) is 32.6 Å². The minimum atomic E-state index is -0.390. The molecule has 0 amide bonds. The molecule has 0 bridgehead atoms. The van der Waals surface area contributed by atoms with Gasteiger partial charge in [-0.15, -0.1) is 0 Å². The molecule has 0 radical (unpaired) electrons. The van der Waals surface area contributed by atoms with Crippen molar-refractivity contribution in [3.63, 3.8) is 0 Å². The first-order valence-electron chi connectivity index (χ1n) is 6.83. The molecule has 0 aliphatic carbocycles. The third kappa shape index (κ3) is 3.53. The van der Waals surface area contributed by atoms with Crippen LogP contribution in [0.4, 0.5) is 5.69 Å². The average molecular weight is 261 g/mol. The molecular formula is C14H19N3O2.